The van der Waals surface area contributed by atoms with Crippen molar-refractivity contribution in [2.75, 3.05) is 13.7 Å². The zero-order chi connectivity index (χ0) is 13.3. The van der Waals surface area contributed by atoms with Crippen molar-refractivity contribution in [3.05, 3.63) is 23.5 Å². The second-order valence-corrected chi connectivity index (χ2v) is 3.89. The Balaban J connectivity index is 0.00000180. The van der Waals surface area contributed by atoms with Crippen molar-refractivity contribution in [3.63, 3.8) is 0 Å². The van der Waals surface area contributed by atoms with Crippen molar-refractivity contribution in [1.82, 2.24) is 9.55 Å². The predicted molar refractivity (Wildman–Crippen MR) is 71.9 cm³/mol. The Morgan fingerprint density at radius 1 is 1.42 bits per heavy atom. The van der Waals surface area contributed by atoms with Crippen LogP contribution in [-0.2, 0) is 13.0 Å². The lowest BCUT2D eigenvalue weighted by atomic mass is 10.2. The topological polar surface area (TPSA) is 53.1 Å². The molecule has 2 aromatic rings. The molecular weight excluding hydrogens is 276 g/mol. The van der Waals surface area contributed by atoms with E-state index in [0.717, 1.165) is 6.07 Å². The number of hydrogen-bond donors (Lipinski definition) is 1. The molecule has 0 aliphatic heterocycles. The Hall–Kier alpha value is -1.40. The molecule has 106 valence electrons. The maximum Gasteiger partial charge on any atom is 0.184 e. The first-order chi connectivity index (χ1) is 8.63. The van der Waals surface area contributed by atoms with Crippen LogP contribution in [0.25, 0.3) is 11.0 Å². The van der Waals surface area contributed by atoms with Crippen LogP contribution in [0.2, 0.25) is 0 Å². The zero-order valence-corrected chi connectivity index (χ0v) is 11.6. The minimum Gasteiger partial charge on any atom is -0.494 e. The SMILES string of the molecule is CCc1nc2c(OC)cc(F)c(F)c2n1CCN.Cl. The summed E-state index contributed by atoms with van der Waals surface area (Å²) >= 11 is 0. The van der Waals surface area contributed by atoms with Gasteiger partial charge in [0, 0.05) is 25.6 Å². The summed E-state index contributed by atoms with van der Waals surface area (Å²) in [6, 6.07) is 1.01. The molecule has 0 saturated carbocycles. The fourth-order valence-corrected chi connectivity index (χ4v) is 2.05. The molecule has 0 unspecified atom stereocenters. The molecule has 0 fully saturated rings. The van der Waals surface area contributed by atoms with Gasteiger partial charge in [-0.15, -0.1) is 12.4 Å². The third kappa shape index (κ3) is 2.50. The summed E-state index contributed by atoms with van der Waals surface area (Å²) in [4.78, 5) is 4.30. The summed E-state index contributed by atoms with van der Waals surface area (Å²) < 4.78 is 34.1. The van der Waals surface area contributed by atoms with E-state index in [0.29, 0.717) is 30.9 Å². The molecule has 0 amide bonds. The molecule has 1 heterocycles. The molecular formula is C12H16ClF2N3O. The van der Waals surface area contributed by atoms with E-state index in [2.05, 4.69) is 4.98 Å². The van der Waals surface area contributed by atoms with E-state index in [1.165, 1.54) is 7.11 Å². The van der Waals surface area contributed by atoms with Gasteiger partial charge in [0.15, 0.2) is 11.6 Å². The number of rotatable bonds is 4. The number of hydrogen-bond acceptors (Lipinski definition) is 3. The van der Waals surface area contributed by atoms with E-state index >= 15 is 0 Å². The number of nitrogens with two attached hydrogens (primary N) is 1. The molecule has 0 bridgehead atoms. The molecule has 1 aromatic carbocycles. The summed E-state index contributed by atoms with van der Waals surface area (Å²) in [6.45, 7) is 2.62. The van der Waals surface area contributed by atoms with Gasteiger partial charge in [0.2, 0.25) is 0 Å². The fraction of sp³-hybridized carbons (Fsp3) is 0.417. The standard InChI is InChI=1S/C12H15F2N3O.ClH/c1-3-9-16-11-8(18-2)6-7(13)10(14)12(11)17(9)5-4-15;/h6H,3-5,15H2,1-2H3;1H. The number of aryl methyl sites for hydroxylation is 1. The largest absolute Gasteiger partial charge is 0.494 e. The maximum absolute atomic E-state index is 13.9. The number of halogens is 3. The van der Waals surface area contributed by atoms with Crippen LogP contribution in [0.3, 0.4) is 0 Å². The van der Waals surface area contributed by atoms with Crippen LogP contribution in [0.4, 0.5) is 8.78 Å². The summed E-state index contributed by atoms with van der Waals surface area (Å²) in [5, 5.41) is 0. The zero-order valence-electron chi connectivity index (χ0n) is 10.7. The third-order valence-corrected chi connectivity index (χ3v) is 2.84. The highest BCUT2D eigenvalue weighted by Crippen LogP contribution is 2.30. The van der Waals surface area contributed by atoms with Gasteiger partial charge in [0.25, 0.3) is 0 Å². The van der Waals surface area contributed by atoms with Crippen LogP contribution in [0.1, 0.15) is 12.7 Å². The number of fused-ring (bicyclic) bond motifs is 1. The minimum atomic E-state index is -0.944. The van der Waals surface area contributed by atoms with Gasteiger partial charge in [-0.2, -0.15) is 0 Å². The highest BCUT2D eigenvalue weighted by atomic mass is 35.5. The maximum atomic E-state index is 13.9. The molecule has 0 radical (unpaired) electrons. The molecule has 1 aromatic heterocycles. The lowest BCUT2D eigenvalue weighted by molar-refractivity contribution is 0.411. The second kappa shape index (κ2) is 6.16. The van der Waals surface area contributed by atoms with Crippen molar-refractivity contribution in [1.29, 1.82) is 0 Å². The van der Waals surface area contributed by atoms with Gasteiger partial charge in [-0.3, -0.25) is 0 Å². The van der Waals surface area contributed by atoms with Gasteiger partial charge in [-0.05, 0) is 0 Å². The van der Waals surface area contributed by atoms with Crippen LogP contribution >= 0.6 is 12.4 Å². The van der Waals surface area contributed by atoms with E-state index in [9.17, 15) is 8.78 Å². The van der Waals surface area contributed by atoms with Crippen molar-refractivity contribution in [3.8, 4) is 5.75 Å². The van der Waals surface area contributed by atoms with Gasteiger partial charge in [-0.1, -0.05) is 6.92 Å². The first-order valence-electron chi connectivity index (χ1n) is 5.75. The minimum absolute atomic E-state index is 0. The summed E-state index contributed by atoms with van der Waals surface area (Å²) in [6.07, 6.45) is 0.610. The van der Waals surface area contributed by atoms with Gasteiger partial charge in [0.05, 0.1) is 7.11 Å². The van der Waals surface area contributed by atoms with Crippen LogP contribution in [0, 0.1) is 11.6 Å². The van der Waals surface area contributed by atoms with Crippen LogP contribution < -0.4 is 10.5 Å². The van der Waals surface area contributed by atoms with Gasteiger partial charge >= 0.3 is 0 Å². The van der Waals surface area contributed by atoms with E-state index < -0.39 is 11.6 Å². The van der Waals surface area contributed by atoms with Crippen LogP contribution in [0.5, 0.6) is 5.75 Å². The van der Waals surface area contributed by atoms with E-state index in [4.69, 9.17) is 10.5 Å². The quantitative estimate of drug-likeness (QED) is 0.940. The molecule has 0 atom stereocenters. The lowest BCUT2D eigenvalue weighted by Crippen LogP contribution is -2.13. The van der Waals surface area contributed by atoms with E-state index in [1.54, 1.807) is 4.57 Å². The van der Waals surface area contributed by atoms with Crippen LogP contribution in [0.15, 0.2) is 6.07 Å². The second-order valence-electron chi connectivity index (χ2n) is 3.89. The third-order valence-electron chi connectivity index (χ3n) is 2.84. The first kappa shape index (κ1) is 15.7. The number of benzene rings is 1. The molecule has 19 heavy (non-hydrogen) atoms. The normalized spacial score (nSPS) is 10.6. The number of imidazole rings is 1. The van der Waals surface area contributed by atoms with Gasteiger partial charge in [-0.25, -0.2) is 13.8 Å². The number of aromatic nitrogens is 2. The van der Waals surface area contributed by atoms with Crippen molar-refractivity contribution < 1.29 is 13.5 Å². The highest BCUT2D eigenvalue weighted by Gasteiger charge is 2.20. The Morgan fingerprint density at radius 3 is 2.63 bits per heavy atom. The highest BCUT2D eigenvalue weighted by molar-refractivity contribution is 5.85. The number of methoxy groups -OCH3 is 1. The average Bonchev–Trinajstić information content (AvgIpc) is 2.73. The molecule has 4 nitrogen and oxygen atoms in total. The van der Waals surface area contributed by atoms with Gasteiger partial charge < -0.3 is 15.0 Å². The van der Waals surface area contributed by atoms with E-state index in [1.807, 2.05) is 6.92 Å². The average molecular weight is 292 g/mol. The first-order valence-corrected chi connectivity index (χ1v) is 5.75. The molecule has 2 rings (SSSR count). The Labute approximate surface area is 116 Å². The Bertz CT molecular complexity index is 586. The number of ether oxygens (including phenoxy) is 1. The lowest BCUT2D eigenvalue weighted by Gasteiger charge is -2.07. The summed E-state index contributed by atoms with van der Waals surface area (Å²) in [5.74, 6) is -0.959. The van der Waals surface area contributed by atoms with Gasteiger partial charge in [0.1, 0.15) is 22.6 Å². The summed E-state index contributed by atoms with van der Waals surface area (Å²) in [7, 11) is 1.40. The molecule has 0 aliphatic rings. The molecule has 7 heteroatoms. The molecule has 2 N–H and O–H groups in total. The van der Waals surface area contributed by atoms with Crippen LogP contribution in [-0.4, -0.2) is 23.2 Å². The smallest absolute Gasteiger partial charge is 0.184 e. The Morgan fingerprint density at radius 2 is 2.11 bits per heavy atom. The van der Waals surface area contributed by atoms with Crippen molar-refractivity contribution >= 4 is 23.4 Å². The fourth-order valence-electron chi connectivity index (χ4n) is 2.05. The molecule has 0 spiro atoms. The Kier molecular flexibility index (Phi) is 5.08. The molecule has 0 saturated heterocycles. The summed E-state index contributed by atoms with van der Waals surface area (Å²) in [5.41, 5.74) is 5.95. The predicted octanol–water partition coefficient (Wildman–Crippen LogP) is 2.27. The molecule has 0 aliphatic carbocycles. The van der Waals surface area contributed by atoms with Crippen molar-refractivity contribution in [2.24, 2.45) is 5.73 Å². The number of nitrogens with zero attached hydrogens (tertiary/aromatic N) is 2. The monoisotopic (exact) mass is 291 g/mol. The van der Waals surface area contributed by atoms with Crippen molar-refractivity contribution in [2.45, 2.75) is 19.9 Å². The van der Waals surface area contributed by atoms with E-state index in [-0.39, 0.29) is 23.7 Å².